The van der Waals surface area contributed by atoms with Crippen LogP contribution >= 0.6 is 0 Å². The number of amides is 1. The molecule has 0 saturated heterocycles. The van der Waals surface area contributed by atoms with E-state index in [9.17, 15) is 13.2 Å². The predicted octanol–water partition coefficient (Wildman–Crippen LogP) is 3.19. The van der Waals surface area contributed by atoms with Crippen LogP contribution in [0.5, 0.6) is 11.5 Å². The Kier molecular flexibility index (Phi) is 6.56. The lowest BCUT2D eigenvalue weighted by Gasteiger charge is -2.10. The first kappa shape index (κ1) is 20.9. The van der Waals surface area contributed by atoms with Gasteiger partial charge in [0.2, 0.25) is 15.9 Å². The number of fused-ring (bicyclic) bond motifs is 1. The molecule has 0 aliphatic carbocycles. The maximum absolute atomic E-state index is 12.2. The molecule has 0 aromatic heterocycles. The van der Waals surface area contributed by atoms with E-state index >= 15 is 0 Å². The Hall–Kier alpha value is -2.84. The number of carbonyl (C=O) groups is 1. The number of benzene rings is 2. The maximum atomic E-state index is 12.2. The molecular formula is C21H24N2O5S. The smallest absolute Gasteiger partial charge is 0.248 e. The molecule has 0 bridgehead atoms. The minimum Gasteiger partial charge on any atom is -0.490 e. The number of ether oxygens (including phenoxy) is 2. The zero-order valence-electron chi connectivity index (χ0n) is 16.3. The summed E-state index contributed by atoms with van der Waals surface area (Å²) in [6.07, 6.45) is 3.91. The van der Waals surface area contributed by atoms with E-state index in [-0.39, 0.29) is 16.8 Å². The van der Waals surface area contributed by atoms with E-state index in [1.165, 1.54) is 18.2 Å². The quantitative estimate of drug-likeness (QED) is 0.706. The fourth-order valence-electron chi connectivity index (χ4n) is 2.74. The van der Waals surface area contributed by atoms with Crippen LogP contribution in [0.3, 0.4) is 0 Å². The average Bonchev–Trinajstić information content (AvgIpc) is 2.91. The number of rotatable bonds is 6. The fraction of sp³-hybridized carbons (Fsp3) is 0.286. The van der Waals surface area contributed by atoms with Gasteiger partial charge in [0.25, 0.3) is 0 Å². The van der Waals surface area contributed by atoms with Gasteiger partial charge in [0.15, 0.2) is 11.5 Å². The molecule has 154 valence electrons. The summed E-state index contributed by atoms with van der Waals surface area (Å²) in [5.74, 6) is 1.04. The molecule has 3 rings (SSSR count). The van der Waals surface area contributed by atoms with Crippen molar-refractivity contribution in [1.82, 2.24) is 4.72 Å². The van der Waals surface area contributed by atoms with Crippen molar-refractivity contribution in [2.45, 2.75) is 31.2 Å². The highest BCUT2D eigenvalue weighted by molar-refractivity contribution is 7.89. The van der Waals surface area contributed by atoms with Crippen molar-refractivity contribution in [3.05, 3.63) is 54.1 Å². The third-order valence-corrected chi connectivity index (χ3v) is 5.70. The maximum Gasteiger partial charge on any atom is 0.248 e. The van der Waals surface area contributed by atoms with Gasteiger partial charge < -0.3 is 14.8 Å². The Morgan fingerprint density at radius 1 is 1.03 bits per heavy atom. The third-order valence-electron chi connectivity index (χ3n) is 4.02. The Bertz CT molecular complexity index is 998. The number of nitrogens with one attached hydrogen (secondary N) is 2. The summed E-state index contributed by atoms with van der Waals surface area (Å²) >= 11 is 0. The molecule has 0 atom stereocenters. The Morgan fingerprint density at radius 3 is 2.41 bits per heavy atom. The van der Waals surface area contributed by atoms with Gasteiger partial charge >= 0.3 is 0 Å². The monoisotopic (exact) mass is 416 g/mol. The number of sulfonamides is 1. The summed E-state index contributed by atoms with van der Waals surface area (Å²) in [5.41, 5.74) is 1.31. The third kappa shape index (κ3) is 5.82. The van der Waals surface area contributed by atoms with E-state index in [0.29, 0.717) is 30.4 Å². The van der Waals surface area contributed by atoms with Crippen LogP contribution in [0.25, 0.3) is 6.08 Å². The molecule has 0 fully saturated rings. The molecule has 8 heteroatoms. The van der Waals surface area contributed by atoms with Gasteiger partial charge in [-0.3, -0.25) is 4.79 Å². The van der Waals surface area contributed by atoms with Crippen molar-refractivity contribution in [2.24, 2.45) is 0 Å². The van der Waals surface area contributed by atoms with Gasteiger partial charge in [0, 0.05) is 24.2 Å². The second kappa shape index (κ2) is 9.11. The lowest BCUT2D eigenvalue weighted by molar-refractivity contribution is -0.111. The molecule has 7 nitrogen and oxygen atoms in total. The average molecular weight is 416 g/mol. The van der Waals surface area contributed by atoms with Crippen LogP contribution in [-0.4, -0.2) is 33.6 Å². The van der Waals surface area contributed by atoms with E-state index in [4.69, 9.17) is 9.47 Å². The van der Waals surface area contributed by atoms with Crippen molar-refractivity contribution in [1.29, 1.82) is 0 Å². The summed E-state index contributed by atoms with van der Waals surface area (Å²) < 4.78 is 38.0. The second-order valence-electron chi connectivity index (χ2n) is 6.88. The SMILES string of the molecule is CC(C)NS(=O)(=O)c1ccc(NC(=O)C=Cc2ccc3c(c2)OCCCO3)cc1. The highest BCUT2D eigenvalue weighted by atomic mass is 32.2. The molecule has 2 aromatic carbocycles. The van der Waals surface area contributed by atoms with Crippen LogP contribution in [0.1, 0.15) is 25.8 Å². The number of hydrogen-bond donors (Lipinski definition) is 2. The van der Waals surface area contributed by atoms with Gasteiger partial charge in [-0.2, -0.15) is 0 Å². The van der Waals surface area contributed by atoms with E-state index < -0.39 is 10.0 Å². The molecular weight excluding hydrogens is 392 g/mol. The first-order chi connectivity index (χ1) is 13.8. The van der Waals surface area contributed by atoms with Gasteiger partial charge in [-0.05, 0) is 61.9 Å². The van der Waals surface area contributed by atoms with Crippen LogP contribution in [0.2, 0.25) is 0 Å². The van der Waals surface area contributed by atoms with Crippen LogP contribution in [0.4, 0.5) is 5.69 Å². The standard InChI is InChI=1S/C21H24N2O5S/c1-15(2)23-29(25,26)18-8-6-17(7-9-18)22-21(24)11-5-16-4-10-19-20(14-16)28-13-3-12-27-19/h4-11,14-15,23H,3,12-13H2,1-2H3,(H,22,24). The fourth-order valence-corrected chi connectivity index (χ4v) is 3.99. The summed E-state index contributed by atoms with van der Waals surface area (Å²) in [6.45, 7) is 4.72. The first-order valence-corrected chi connectivity index (χ1v) is 10.8. The molecule has 29 heavy (non-hydrogen) atoms. The van der Waals surface area contributed by atoms with E-state index in [2.05, 4.69) is 10.0 Å². The van der Waals surface area contributed by atoms with Gasteiger partial charge in [0.1, 0.15) is 0 Å². The van der Waals surface area contributed by atoms with Crippen molar-refractivity contribution in [3.63, 3.8) is 0 Å². The largest absolute Gasteiger partial charge is 0.490 e. The molecule has 0 radical (unpaired) electrons. The minimum absolute atomic E-state index is 0.145. The lowest BCUT2D eigenvalue weighted by Crippen LogP contribution is -2.30. The second-order valence-corrected chi connectivity index (χ2v) is 8.59. The highest BCUT2D eigenvalue weighted by Gasteiger charge is 2.15. The zero-order valence-corrected chi connectivity index (χ0v) is 17.2. The summed E-state index contributed by atoms with van der Waals surface area (Å²) in [7, 11) is -3.56. The van der Waals surface area contributed by atoms with Crippen LogP contribution < -0.4 is 19.5 Å². The Balaban J connectivity index is 1.63. The van der Waals surface area contributed by atoms with Crippen molar-refractivity contribution in [3.8, 4) is 11.5 Å². The Morgan fingerprint density at radius 2 is 1.72 bits per heavy atom. The first-order valence-electron chi connectivity index (χ1n) is 9.34. The van der Waals surface area contributed by atoms with E-state index in [1.54, 1.807) is 32.1 Å². The van der Waals surface area contributed by atoms with Gasteiger partial charge in [0.05, 0.1) is 18.1 Å². The lowest BCUT2D eigenvalue weighted by atomic mass is 10.2. The van der Waals surface area contributed by atoms with Gasteiger partial charge in [-0.1, -0.05) is 6.07 Å². The van der Waals surface area contributed by atoms with E-state index in [1.807, 2.05) is 18.2 Å². The number of carbonyl (C=O) groups excluding carboxylic acids is 1. The van der Waals surface area contributed by atoms with Crippen LogP contribution in [0, 0.1) is 0 Å². The van der Waals surface area contributed by atoms with Crippen LogP contribution in [0.15, 0.2) is 53.4 Å². The molecule has 1 aliphatic rings. The summed E-state index contributed by atoms with van der Waals surface area (Å²) in [6, 6.07) is 11.3. The normalized spacial score (nSPS) is 14.0. The minimum atomic E-state index is -3.56. The van der Waals surface area contributed by atoms with E-state index in [0.717, 1.165) is 12.0 Å². The molecule has 2 N–H and O–H groups in total. The van der Waals surface area contributed by atoms with Gasteiger partial charge in [-0.25, -0.2) is 13.1 Å². The molecule has 0 spiro atoms. The number of anilines is 1. The molecule has 1 aliphatic heterocycles. The number of hydrogen-bond acceptors (Lipinski definition) is 5. The topological polar surface area (TPSA) is 93.7 Å². The molecule has 1 amide bonds. The van der Waals surface area contributed by atoms with Gasteiger partial charge in [-0.15, -0.1) is 0 Å². The molecule has 0 saturated carbocycles. The van der Waals surface area contributed by atoms with Crippen molar-refractivity contribution in [2.75, 3.05) is 18.5 Å². The van der Waals surface area contributed by atoms with Crippen molar-refractivity contribution >= 4 is 27.7 Å². The highest BCUT2D eigenvalue weighted by Crippen LogP contribution is 2.30. The predicted molar refractivity (Wildman–Crippen MR) is 112 cm³/mol. The molecule has 2 aromatic rings. The Labute approximate surface area is 170 Å². The summed E-state index contributed by atoms with van der Waals surface area (Å²) in [5, 5.41) is 2.71. The van der Waals surface area contributed by atoms with Crippen LogP contribution in [-0.2, 0) is 14.8 Å². The molecule has 1 heterocycles. The zero-order chi connectivity index (χ0) is 20.9. The molecule has 0 unspecified atom stereocenters. The summed E-state index contributed by atoms with van der Waals surface area (Å²) in [4.78, 5) is 12.3. The van der Waals surface area contributed by atoms with Crippen molar-refractivity contribution < 1.29 is 22.7 Å².